The SMILES string of the molecule is CO[Si]1(C)C=CC=C1C. The normalized spacial score (nSPS) is 33.0. The van der Waals surface area contributed by atoms with Crippen LogP contribution in [-0.4, -0.2) is 15.4 Å². The molecule has 1 aliphatic rings. The van der Waals surface area contributed by atoms with Crippen molar-refractivity contribution in [3.63, 3.8) is 0 Å². The molecule has 0 aromatic rings. The number of rotatable bonds is 1. The highest BCUT2D eigenvalue weighted by Crippen LogP contribution is 2.21. The van der Waals surface area contributed by atoms with E-state index in [4.69, 9.17) is 4.43 Å². The Morgan fingerprint density at radius 2 is 2.22 bits per heavy atom. The first-order valence-electron chi connectivity index (χ1n) is 3.11. The lowest BCUT2D eigenvalue weighted by Gasteiger charge is -2.18. The van der Waals surface area contributed by atoms with Crippen molar-refractivity contribution >= 4 is 8.32 Å². The van der Waals surface area contributed by atoms with Crippen molar-refractivity contribution in [2.75, 3.05) is 7.11 Å². The van der Waals surface area contributed by atoms with Crippen LogP contribution in [0.25, 0.3) is 0 Å². The van der Waals surface area contributed by atoms with Crippen LogP contribution in [0.5, 0.6) is 0 Å². The van der Waals surface area contributed by atoms with Crippen LogP contribution in [0.3, 0.4) is 0 Å². The Hall–Kier alpha value is -0.343. The molecule has 1 nitrogen and oxygen atoms in total. The first-order valence-corrected chi connectivity index (χ1v) is 5.59. The molecule has 0 saturated carbocycles. The molecule has 1 unspecified atom stereocenters. The molecule has 9 heavy (non-hydrogen) atoms. The molecule has 1 heterocycles. The monoisotopic (exact) mass is 140 g/mol. The van der Waals surface area contributed by atoms with Gasteiger partial charge in [-0.2, -0.15) is 0 Å². The van der Waals surface area contributed by atoms with E-state index in [0.717, 1.165) is 0 Å². The van der Waals surface area contributed by atoms with Crippen molar-refractivity contribution in [3.05, 3.63) is 23.0 Å². The summed E-state index contributed by atoms with van der Waals surface area (Å²) in [6, 6.07) is 0. The summed E-state index contributed by atoms with van der Waals surface area (Å²) in [5.41, 5.74) is 2.20. The van der Waals surface area contributed by atoms with Gasteiger partial charge in [-0.15, -0.1) is 0 Å². The van der Waals surface area contributed by atoms with Gasteiger partial charge in [0.25, 0.3) is 0 Å². The van der Waals surface area contributed by atoms with Gasteiger partial charge in [0.2, 0.25) is 8.32 Å². The molecule has 1 atom stereocenters. The summed E-state index contributed by atoms with van der Waals surface area (Å²) in [6.45, 7) is 4.33. The Labute approximate surface area is 57.2 Å². The van der Waals surface area contributed by atoms with Crippen molar-refractivity contribution in [2.24, 2.45) is 0 Å². The fraction of sp³-hybridized carbons (Fsp3) is 0.429. The summed E-state index contributed by atoms with van der Waals surface area (Å²) in [7, 11) is 0.308. The zero-order valence-corrected chi connectivity index (χ0v) is 7.14. The Morgan fingerprint density at radius 3 is 2.44 bits per heavy atom. The second-order valence-electron chi connectivity index (χ2n) is 2.52. The van der Waals surface area contributed by atoms with Crippen LogP contribution in [0.2, 0.25) is 6.55 Å². The first-order chi connectivity index (χ1) is 4.19. The van der Waals surface area contributed by atoms with Crippen LogP contribution < -0.4 is 0 Å². The van der Waals surface area contributed by atoms with Gasteiger partial charge in [-0.1, -0.05) is 23.0 Å². The summed E-state index contributed by atoms with van der Waals surface area (Å²) in [5, 5.41) is 1.41. The predicted molar refractivity (Wildman–Crippen MR) is 41.5 cm³/mol. The summed E-state index contributed by atoms with van der Waals surface area (Å²) >= 11 is 0. The molecule has 0 radical (unpaired) electrons. The first kappa shape index (κ1) is 6.77. The summed E-state index contributed by atoms with van der Waals surface area (Å²) in [4.78, 5) is 0. The summed E-state index contributed by atoms with van der Waals surface area (Å²) in [6.07, 6.45) is 4.22. The lowest BCUT2D eigenvalue weighted by atomic mass is 10.5. The van der Waals surface area contributed by atoms with Crippen molar-refractivity contribution < 1.29 is 4.43 Å². The maximum atomic E-state index is 5.39. The molecular weight excluding hydrogens is 128 g/mol. The minimum Gasteiger partial charge on any atom is -0.412 e. The molecule has 1 rings (SSSR count). The van der Waals surface area contributed by atoms with Gasteiger partial charge in [-0.05, 0) is 13.5 Å². The maximum Gasteiger partial charge on any atom is 0.240 e. The van der Waals surface area contributed by atoms with Gasteiger partial charge in [-0.3, -0.25) is 0 Å². The molecule has 2 heteroatoms. The van der Waals surface area contributed by atoms with E-state index in [2.05, 4.69) is 31.3 Å². The molecule has 1 aliphatic heterocycles. The van der Waals surface area contributed by atoms with E-state index in [-0.39, 0.29) is 0 Å². The standard InChI is InChI=1S/C7H12OSi/c1-7-5-4-6-9(7,3)8-2/h4-6H,1-3H3. The topological polar surface area (TPSA) is 9.23 Å². The maximum absolute atomic E-state index is 5.39. The third-order valence-corrected chi connectivity index (χ3v) is 5.38. The molecule has 0 fully saturated rings. The second-order valence-corrected chi connectivity index (χ2v) is 6.26. The van der Waals surface area contributed by atoms with Gasteiger partial charge in [0, 0.05) is 7.11 Å². The van der Waals surface area contributed by atoms with Gasteiger partial charge >= 0.3 is 0 Å². The Bertz CT molecular complexity index is 172. The van der Waals surface area contributed by atoms with Crippen molar-refractivity contribution in [1.82, 2.24) is 0 Å². The zero-order valence-electron chi connectivity index (χ0n) is 6.14. The minimum absolute atomic E-state index is 1.41. The van der Waals surface area contributed by atoms with Gasteiger partial charge < -0.3 is 4.43 Å². The fourth-order valence-corrected chi connectivity index (χ4v) is 2.51. The molecule has 0 amide bonds. The van der Waals surface area contributed by atoms with Crippen LogP contribution in [0.15, 0.2) is 23.0 Å². The van der Waals surface area contributed by atoms with Crippen molar-refractivity contribution in [3.8, 4) is 0 Å². The molecule has 0 aliphatic carbocycles. The second kappa shape index (κ2) is 2.12. The summed E-state index contributed by atoms with van der Waals surface area (Å²) in [5.74, 6) is 0. The Kier molecular flexibility index (Phi) is 1.59. The van der Waals surface area contributed by atoms with Crippen molar-refractivity contribution in [2.45, 2.75) is 13.5 Å². The van der Waals surface area contributed by atoms with E-state index < -0.39 is 8.32 Å². The van der Waals surface area contributed by atoms with Gasteiger partial charge in [0.05, 0.1) is 0 Å². The summed E-state index contributed by atoms with van der Waals surface area (Å²) < 4.78 is 5.39. The lowest BCUT2D eigenvalue weighted by Crippen LogP contribution is -2.30. The van der Waals surface area contributed by atoms with E-state index in [1.54, 1.807) is 7.11 Å². The number of hydrogen-bond donors (Lipinski definition) is 0. The molecule has 0 aromatic carbocycles. The quantitative estimate of drug-likeness (QED) is 0.505. The predicted octanol–water partition coefficient (Wildman–Crippen LogP) is 1.80. The van der Waals surface area contributed by atoms with Crippen LogP contribution in [0.4, 0.5) is 0 Å². The minimum atomic E-state index is -1.48. The Morgan fingerprint density at radius 1 is 1.56 bits per heavy atom. The van der Waals surface area contributed by atoms with Gasteiger partial charge in [-0.25, -0.2) is 0 Å². The van der Waals surface area contributed by atoms with E-state index in [9.17, 15) is 0 Å². The number of allylic oxidation sites excluding steroid dienone is 3. The largest absolute Gasteiger partial charge is 0.412 e. The highest BCUT2D eigenvalue weighted by Gasteiger charge is 2.28. The molecule has 0 saturated heterocycles. The highest BCUT2D eigenvalue weighted by atomic mass is 28.4. The van der Waals surface area contributed by atoms with E-state index >= 15 is 0 Å². The average molecular weight is 140 g/mol. The smallest absolute Gasteiger partial charge is 0.240 e. The van der Waals surface area contributed by atoms with Crippen LogP contribution in [-0.2, 0) is 4.43 Å². The Balaban J connectivity index is 2.82. The fourth-order valence-electron chi connectivity index (χ4n) is 0.902. The van der Waals surface area contributed by atoms with Crippen molar-refractivity contribution in [1.29, 1.82) is 0 Å². The van der Waals surface area contributed by atoms with E-state index in [1.165, 1.54) is 5.20 Å². The number of hydrogen-bond acceptors (Lipinski definition) is 1. The molecule has 0 N–H and O–H groups in total. The van der Waals surface area contributed by atoms with E-state index in [0.29, 0.717) is 0 Å². The molecule has 0 bridgehead atoms. The lowest BCUT2D eigenvalue weighted by molar-refractivity contribution is 0.417. The highest BCUT2D eigenvalue weighted by molar-refractivity contribution is 6.85. The molecular formula is C7H12OSi. The third-order valence-electron chi connectivity index (χ3n) is 1.97. The molecule has 0 aromatic heterocycles. The molecule has 50 valence electrons. The third kappa shape index (κ3) is 1.000. The average Bonchev–Trinajstić information content (AvgIpc) is 2.15. The van der Waals surface area contributed by atoms with Crippen LogP contribution in [0.1, 0.15) is 6.92 Å². The van der Waals surface area contributed by atoms with Crippen LogP contribution in [0, 0.1) is 0 Å². The van der Waals surface area contributed by atoms with E-state index in [1.807, 2.05) is 0 Å². The van der Waals surface area contributed by atoms with Gasteiger partial charge in [0.1, 0.15) is 0 Å². The zero-order chi connectivity index (χ0) is 6.91. The van der Waals surface area contributed by atoms with Crippen LogP contribution >= 0.6 is 0 Å². The van der Waals surface area contributed by atoms with Gasteiger partial charge in [0.15, 0.2) is 0 Å². The molecule has 0 spiro atoms.